The SMILES string of the molecule is Cc1noc(=O)c2ccc(NCC(CC3(c4ccccc4C(F)(F)F)CCC3)=NO)cc12. The quantitative estimate of drug-likeness (QED) is 0.307. The molecule has 0 aliphatic heterocycles. The van der Waals surface area contributed by atoms with Crippen molar-refractivity contribution in [3.8, 4) is 0 Å². The minimum atomic E-state index is -4.45. The van der Waals surface area contributed by atoms with Crippen LogP contribution in [0, 0.1) is 6.92 Å². The summed E-state index contributed by atoms with van der Waals surface area (Å²) in [5, 5.41) is 20.8. The molecule has 1 aromatic heterocycles. The molecule has 1 fully saturated rings. The van der Waals surface area contributed by atoms with Gasteiger partial charge in [-0.15, -0.1) is 0 Å². The van der Waals surface area contributed by atoms with E-state index in [0.29, 0.717) is 40.7 Å². The Morgan fingerprint density at radius 3 is 2.62 bits per heavy atom. The van der Waals surface area contributed by atoms with Crippen LogP contribution in [0.1, 0.15) is 42.5 Å². The summed E-state index contributed by atoms with van der Waals surface area (Å²) in [5.41, 5.74) is -0.0726. The molecule has 0 spiro atoms. The van der Waals surface area contributed by atoms with Crippen LogP contribution in [0.25, 0.3) is 10.8 Å². The second kappa shape index (κ2) is 8.29. The highest BCUT2D eigenvalue weighted by Crippen LogP contribution is 2.50. The highest BCUT2D eigenvalue weighted by molar-refractivity contribution is 5.91. The summed E-state index contributed by atoms with van der Waals surface area (Å²) in [7, 11) is 0. The summed E-state index contributed by atoms with van der Waals surface area (Å²) >= 11 is 0. The monoisotopic (exact) mass is 445 g/mol. The Morgan fingerprint density at radius 2 is 1.97 bits per heavy atom. The average molecular weight is 445 g/mol. The number of rotatable bonds is 6. The van der Waals surface area contributed by atoms with Crippen LogP contribution in [0.15, 0.2) is 56.9 Å². The van der Waals surface area contributed by atoms with E-state index < -0.39 is 22.8 Å². The van der Waals surface area contributed by atoms with Gasteiger partial charge in [0, 0.05) is 22.9 Å². The molecule has 9 heteroatoms. The summed E-state index contributed by atoms with van der Waals surface area (Å²) in [6.07, 6.45) is -2.23. The van der Waals surface area contributed by atoms with Crippen molar-refractivity contribution in [1.82, 2.24) is 5.16 Å². The molecule has 0 radical (unpaired) electrons. The number of hydrogen-bond donors (Lipinski definition) is 2. The van der Waals surface area contributed by atoms with Gasteiger partial charge < -0.3 is 15.0 Å². The van der Waals surface area contributed by atoms with Gasteiger partial charge in [-0.05, 0) is 49.6 Å². The molecule has 3 aromatic rings. The van der Waals surface area contributed by atoms with Gasteiger partial charge >= 0.3 is 11.8 Å². The first-order chi connectivity index (χ1) is 15.2. The topological polar surface area (TPSA) is 87.7 Å². The second-order valence-electron chi connectivity index (χ2n) is 8.19. The molecule has 6 nitrogen and oxygen atoms in total. The molecule has 0 unspecified atom stereocenters. The molecule has 0 amide bonds. The van der Waals surface area contributed by atoms with Crippen LogP contribution in [0.2, 0.25) is 0 Å². The Hall–Kier alpha value is -3.36. The Bertz CT molecular complexity index is 1230. The zero-order valence-electron chi connectivity index (χ0n) is 17.4. The Labute approximate surface area is 181 Å². The van der Waals surface area contributed by atoms with E-state index in [-0.39, 0.29) is 18.5 Å². The lowest BCUT2D eigenvalue weighted by Crippen LogP contribution is -2.39. The summed E-state index contributed by atoms with van der Waals surface area (Å²) < 4.78 is 45.5. The molecule has 168 valence electrons. The molecule has 0 saturated heterocycles. The molecule has 0 bridgehead atoms. The van der Waals surface area contributed by atoms with Gasteiger partial charge in [-0.2, -0.15) is 13.2 Å². The van der Waals surface area contributed by atoms with Crippen LogP contribution in [0.5, 0.6) is 0 Å². The first kappa shape index (κ1) is 21.9. The molecule has 32 heavy (non-hydrogen) atoms. The average Bonchev–Trinajstić information content (AvgIpc) is 2.75. The largest absolute Gasteiger partial charge is 0.416 e. The number of halogens is 3. The van der Waals surface area contributed by atoms with Crippen LogP contribution < -0.4 is 10.9 Å². The predicted molar refractivity (Wildman–Crippen MR) is 114 cm³/mol. The molecule has 2 aromatic carbocycles. The molecular formula is C23H22F3N3O3. The van der Waals surface area contributed by atoms with Gasteiger partial charge in [0.15, 0.2) is 0 Å². The fraction of sp³-hybridized carbons (Fsp3) is 0.348. The maximum Gasteiger partial charge on any atom is 0.416 e. The van der Waals surface area contributed by atoms with Gasteiger partial charge in [0.2, 0.25) is 0 Å². The highest BCUT2D eigenvalue weighted by Gasteiger charge is 2.45. The number of nitrogens with zero attached hydrogens (tertiary/aromatic N) is 2. The molecule has 1 aliphatic carbocycles. The fourth-order valence-electron chi connectivity index (χ4n) is 4.41. The van der Waals surface area contributed by atoms with Crippen LogP contribution in [-0.2, 0) is 11.6 Å². The number of oxime groups is 1. The van der Waals surface area contributed by atoms with Gasteiger partial charge in [-0.3, -0.25) is 0 Å². The summed E-state index contributed by atoms with van der Waals surface area (Å²) in [4.78, 5) is 11.8. The van der Waals surface area contributed by atoms with E-state index in [1.165, 1.54) is 12.1 Å². The summed E-state index contributed by atoms with van der Waals surface area (Å²) in [5.74, 6) is 0. The van der Waals surface area contributed by atoms with E-state index in [1.807, 2.05) is 0 Å². The van der Waals surface area contributed by atoms with E-state index in [4.69, 9.17) is 4.52 Å². The van der Waals surface area contributed by atoms with Crippen molar-refractivity contribution in [2.75, 3.05) is 11.9 Å². The molecule has 2 N–H and O–H groups in total. The maximum atomic E-state index is 13.6. The number of hydrogen-bond acceptors (Lipinski definition) is 6. The van der Waals surface area contributed by atoms with Crippen molar-refractivity contribution in [2.24, 2.45) is 5.16 Å². The van der Waals surface area contributed by atoms with Crippen LogP contribution in [0.3, 0.4) is 0 Å². The molecular weight excluding hydrogens is 423 g/mol. The molecule has 4 rings (SSSR count). The Balaban J connectivity index is 1.55. The normalized spacial score (nSPS) is 16.1. The van der Waals surface area contributed by atoms with Gasteiger partial charge in [0.1, 0.15) is 0 Å². The highest BCUT2D eigenvalue weighted by atomic mass is 19.4. The molecule has 1 aliphatic rings. The third-order valence-corrected chi connectivity index (χ3v) is 6.19. The smallest absolute Gasteiger partial charge is 0.411 e. The number of aromatic nitrogens is 1. The zero-order valence-corrected chi connectivity index (χ0v) is 17.4. The van der Waals surface area contributed by atoms with Crippen LogP contribution in [0.4, 0.5) is 18.9 Å². The lowest BCUT2D eigenvalue weighted by atomic mass is 9.60. The number of alkyl halides is 3. The minimum Gasteiger partial charge on any atom is -0.411 e. The summed E-state index contributed by atoms with van der Waals surface area (Å²) in [6.45, 7) is 1.86. The predicted octanol–water partition coefficient (Wildman–Crippen LogP) is 5.27. The third kappa shape index (κ3) is 4.06. The number of fused-ring (bicyclic) bond motifs is 1. The van der Waals surface area contributed by atoms with Crippen molar-refractivity contribution in [3.05, 3.63) is 69.7 Å². The lowest BCUT2D eigenvalue weighted by molar-refractivity contribution is -0.139. The number of aryl methyl sites for hydroxylation is 1. The molecule has 1 saturated carbocycles. The Morgan fingerprint density at radius 1 is 1.22 bits per heavy atom. The van der Waals surface area contributed by atoms with Crippen molar-refractivity contribution in [1.29, 1.82) is 0 Å². The van der Waals surface area contributed by atoms with Gasteiger partial charge in [-0.25, -0.2) is 4.79 Å². The van der Waals surface area contributed by atoms with Crippen molar-refractivity contribution in [3.63, 3.8) is 0 Å². The van der Waals surface area contributed by atoms with Crippen LogP contribution >= 0.6 is 0 Å². The lowest BCUT2D eigenvalue weighted by Gasteiger charge is -2.44. The van der Waals surface area contributed by atoms with Gasteiger partial charge in [0.05, 0.1) is 28.9 Å². The minimum absolute atomic E-state index is 0.145. The molecule has 1 heterocycles. The standard InChI is InChI=1S/C23H22F3N3O3/c1-14-18-11-15(7-8-17(18)21(30)32-29-14)27-13-16(28-31)12-22(9-4-10-22)19-5-2-3-6-20(19)23(24,25)26/h2-3,5-8,11,27,31H,4,9-10,12-13H2,1H3. The third-order valence-electron chi connectivity index (χ3n) is 6.19. The zero-order chi connectivity index (χ0) is 22.9. The maximum absolute atomic E-state index is 13.6. The second-order valence-corrected chi connectivity index (χ2v) is 8.19. The van der Waals surface area contributed by atoms with Gasteiger partial charge in [0.25, 0.3) is 0 Å². The first-order valence-electron chi connectivity index (χ1n) is 10.2. The Kier molecular flexibility index (Phi) is 5.66. The van der Waals surface area contributed by atoms with Crippen molar-refractivity contribution >= 4 is 22.2 Å². The number of anilines is 1. The van der Waals surface area contributed by atoms with Crippen molar-refractivity contribution < 1.29 is 22.9 Å². The van der Waals surface area contributed by atoms with E-state index in [0.717, 1.165) is 12.5 Å². The van der Waals surface area contributed by atoms with Crippen LogP contribution in [-0.4, -0.2) is 22.6 Å². The van der Waals surface area contributed by atoms with E-state index >= 15 is 0 Å². The fourth-order valence-corrected chi connectivity index (χ4v) is 4.41. The van der Waals surface area contributed by atoms with Gasteiger partial charge in [-0.1, -0.05) is 34.9 Å². The van der Waals surface area contributed by atoms with E-state index in [2.05, 4.69) is 15.6 Å². The van der Waals surface area contributed by atoms with Crippen molar-refractivity contribution in [2.45, 2.75) is 44.2 Å². The molecule has 0 atom stereocenters. The van der Waals surface area contributed by atoms with E-state index in [1.54, 1.807) is 31.2 Å². The van der Waals surface area contributed by atoms with E-state index in [9.17, 15) is 23.2 Å². The number of benzene rings is 2. The number of nitrogens with one attached hydrogen (secondary N) is 1. The first-order valence-corrected chi connectivity index (χ1v) is 10.2. The summed E-state index contributed by atoms with van der Waals surface area (Å²) in [6, 6.07) is 10.7.